The maximum Gasteiger partial charge on any atom is 0.258 e. The highest BCUT2D eigenvalue weighted by molar-refractivity contribution is 6.78. The molecule has 0 saturated carbocycles. The van der Waals surface area contributed by atoms with Gasteiger partial charge in [-0.1, -0.05) is 59.2 Å². The van der Waals surface area contributed by atoms with Crippen LogP contribution in [0.1, 0.15) is 61.0 Å². The minimum atomic E-state index is -1.97. The second-order valence-corrected chi connectivity index (χ2v) is 13.3. The number of benzene rings is 1. The number of allylic oxidation sites excluding steroid dienone is 2. The predicted octanol–water partition coefficient (Wildman–Crippen LogP) is 7.19. The highest BCUT2D eigenvalue weighted by atomic mass is 28.4. The first-order valence-electron chi connectivity index (χ1n) is 9.33. The van der Waals surface area contributed by atoms with Gasteiger partial charge >= 0.3 is 0 Å². The summed E-state index contributed by atoms with van der Waals surface area (Å²) in [5, 5.41) is 0. The Hall–Kier alpha value is -1.48. The molecule has 0 aliphatic heterocycles. The van der Waals surface area contributed by atoms with Crippen molar-refractivity contribution in [1.82, 2.24) is 0 Å². The Bertz CT molecular complexity index is 569. The molecule has 0 aliphatic carbocycles. The van der Waals surface area contributed by atoms with Crippen molar-refractivity contribution in [3.8, 4) is 5.75 Å². The van der Waals surface area contributed by atoms with Crippen LogP contribution in [0.2, 0.25) is 16.6 Å². The van der Waals surface area contributed by atoms with Gasteiger partial charge in [0.15, 0.2) is 0 Å². The quantitative estimate of drug-likeness (QED) is 0.277. The molecule has 0 spiro atoms. The molecule has 0 aliphatic rings. The number of methoxy groups -OCH3 is 1. The summed E-state index contributed by atoms with van der Waals surface area (Å²) in [5.74, 6) is 1.85. The maximum atomic E-state index is 6.89. The van der Waals surface area contributed by atoms with Crippen molar-refractivity contribution in [3.05, 3.63) is 47.2 Å². The van der Waals surface area contributed by atoms with Gasteiger partial charge in [0.1, 0.15) is 11.5 Å². The molecule has 0 atom stereocenters. The lowest BCUT2D eigenvalue weighted by Crippen LogP contribution is -2.47. The van der Waals surface area contributed by atoms with E-state index in [2.05, 4.69) is 79.7 Å². The normalized spacial score (nSPS) is 12.7. The molecule has 1 aromatic carbocycles. The van der Waals surface area contributed by atoms with E-state index in [1.807, 2.05) is 12.1 Å². The van der Waals surface area contributed by atoms with Gasteiger partial charge < -0.3 is 9.16 Å². The summed E-state index contributed by atoms with van der Waals surface area (Å²) in [7, 11) is -0.276. The molecule has 0 fully saturated rings. The lowest BCUT2D eigenvalue weighted by Gasteiger charge is -2.42. The van der Waals surface area contributed by atoms with Gasteiger partial charge in [0.2, 0.25) is 0 Å². The van der Waals surface area contributed by atoms with Gasteiger partial charge in [-0.05, 0) is 60.3 Å². The van der Waals surface area contributed by atoms with E-state index in [-0.39, 0.29) is 0 Å². The van der Waals surface area contributed by atoms with E-state index < -0.39 is 8.32 Å². The summed E-state index contributed by atoms with van der Waals surface area (Å²) in [4.78, 5) is 0. The average molecular weight is 361 g/mol. The van der Waals surface area contributed by atoms with Crippen LogP contribution in [0.3, 0.4) is 0 Å². The zero-order chi connectivity index (χ0) is 19.2. The van der Waals surface area contributed by atoms with E-state index in [0.717, 1.165) is 17.1 Å². The highest BCUT2D eigenvalue weighted by Gasteiger charge is 2.47. The number of ether oxygens (including phenoxy) is 1. The van der Waals surface area contributed by atoms with E-state index in [9.17, 15) is 0 Å². The first-order chi connectivity index (χ1) is 11.6. The summed E-state index contributed by atoms with van der Waals surface area (Å²) in [6, 6.07) is 8.13. The van der Waals surface area contributed by atoms with Crippen LogP contribution in [-0.2, 0) is 4.43 Å². The van der Waals surface area contributed by atoms with Gasteiger partial charge in [0.05, 0.1) is 7.11 Å². The highest BCUT2D eigenvalue weighted by Crippen LogP contribution is 2.44. The summed E-state index contributed by atoms with van der Waals surface area (Å²) in [6.45, 7) is 18.2. The molecule has 3 heteroatoms. The fourth-order valence-corrected chi connectivity index (χ4v) is 9.04. The molecule has 1 aromatic rings. The second-order valence-electron chi connectivity index (χ2n) is 7.96. The first-order valence-corrected chi connectivity index (χ1v) is 11.5. The maximum absolute atomic E-state index is 6.89. The van der Waals surface area contributed by atoms with Crippen LogP contribution in [-0.4, -0.2) is 15.4 Å². The van der Waals surface area contributed by atoms with E-state index >= 15 is 0 Å². The molecule has 140 valence electrons. The second kappa shape index (κ2) is 9.28. The minimum absolute atomic E-state index is 0.553. The first kappa shape index (κ1) is 21.6. The summed E-state index contributed by atoms with van der Waals surface area (Å²) in [5.41, 5.74) is 4.04. The van der Waals surface area contributed by atoms with Crippen LogP contribution in [0.25, 0.3) is 6.08 Å². The number of rotatable bonds is 8. The fraction of sp³-hybridized carbons (Fsp3) is 0.545. The molecule has 0 bridgehead atoms. The lowest BCUT2D eigenvalue weighted by molar-refractivity contribution is 0.390. The average Bonchev–Trinajstić information content (AvgIpc) is 2.51. The Labute approximate surface area is 156 Å². The molecule has 2 nitrogen and oxygen atoms in total. The van der Waals surface area contributed by atoms with Gasteiger partial charge in [-0.15, -0.1) is 0 Å². The van der Waals surface area contributed by atoms with Crippen molar-refractivity contribution in [2.45, 2.75) is 72.0 Å². The lowest BCUT2D eigenvalue weighted by atomic mass is 10.2. The molecule has 0 N–H and O–H groups in total. The SMILES string of the molecule is COc1ccc(/C=C(\C=C(C)C)O[Si](C(C)C)(C(C)C)C(C)C)cc1. The molecule has 1 rings (SSSR count). The third-order valence-electron chi connectivity index (χ3n) is 4.86. The Kier molecular flexibility index (Phi) is 8.00. The molecule has 0 radical (unpaired) electrons. The Morgan fingerprint density at radius 3 is 1.72 bits per heavy atom. The third-order valence-corrected chi connectivity index (χ3v) is 10.9. The van der Waals surface area contributed by atoms with Crippen molar-refractivity contribution in [2.75, 3.05) is 7.11 Å². The van der Waals surface area contributed by atoms with E-state index in [0.29, 0.717) is 16.6 Å². The van der Waals surface area contributed by atoms with Crippen LogP contribution >= 0.6 is 0 Å². The zero-order valence-corrected chi connectivity index (χ0v) is 18.5. The van der Waals surface area contributed by atoms with Crippen molar-refractivity contribution in [2.24, 2.45) is 0 Å². The van der Waals surface area contributed by atoms with Crippen molar-refractivity contribution < 1.29 is 9.16 Å². The Morgan fingerprint density at radius 2 is 1.36 bits per heavy atom. The van der Waals surface area contributed by atoms with Gasteiger partial charge in [0, 0.05) is 0 Å². The van der Waals surface area contributed by atoms with Gasteiger partial charge in [-0.2, -0.15) is 0 Å². The topological polar surface area (TPSA) is 18.5 Å². The van der Waals surface area contributed by atoms with Crippen molar-refractivity contribution >= 4 is 14.4 Å². The summed E-state index contributed by atoms with van der Waals surface area (Å²) in [6.07, 6.45) is 4.32. The third kappa shape index (κ3) is 5.50. The van der Waals surface area contributed by atoms with E-state index in [1.54, 1.807) is 7.11 Å². The molecule has 0 heterocycles. The van der Waals surface area contributed by atoms with E-state index in [1.165, 1.54) is 5.57 Å². The van der Waals surface area contributed by atoms with Crippen LogP contribution in [0, 0.1) is 0 Å². The Balaban J connectivity index is 3.33. The minimum Gasteiger partial charge on any atom is -0.543 e. The van der Waals surface area contributed by atoms with Crippen LogP contribution < -0.4 is 4.74 Å². The molecular weight excluding hydrogens is 324 g/mol. The zero-order valence-electron chi connectivity index (χ0n) is 17.5. The molecular formula is C22H36O2Si. The smallest absolute Gasteiger partial charge is 0.258 e. The predicted molar refractivity (Wildman–Crippen MR) is 113 cm³/mol. The summed E-state index contributed by atoms with van der Waals surface area (Å²) < 4.78 is 12.1. The van der Waals surface area contributed by atoms with Crippen LogP contribution in [0.4, 0.5) is 0 Å². The molecule has 0 saturated heterocycles. The van der Waals surface area contributed by atoms with Crippen molar-refractivity contribution in [3.63, 3.8) is 0 Å². The van der Waals surface area contributed by atoms with Gasteiger partial charge in [0.25, 0.3) is 8.32 Å². The fourth-order valence-electron chi connectivity index (χ4n) is 3.81. The van der Waals surface area contributed by atoms with Gasteiger partial charge in [-0.3, -0.25) is 0 Å². The standard InChI is InChI=1S/C22H36O2Si/c1-16(2)14-22(15-20-10-12-21(23-9)13-11-20)24-25(17(3)4,18(5)6)19(7)8/h10-15,17-19H,1-9H3/b22-15+. The summed E-state index contributed by atoms with van der Waals surface area (Å²) >= 11 is 0. The molecule has 0 unspecified atom stereocenters. The van der Waals surface area contributed by atoms with Crippen LogP contribution in [0.5, 0.6) is 5.75 Å². The van der Waals surface area contributed by atoms with Crippen LogP contribution in [0.15, 0.2) is 41.7 Å². The Morgan fingerprint density at radius 1 is 0.880 bits per heavy atom. The number of hydrogen-bond acceptors (Lipinski definition) is 2. The molecule has 0 amide bonds. The number of hydrogen-bond donors (Lipinski definition) is 0. The van der Waals surface area contributed by atoms with Crippen molar-refractivity contribution in [1.29, 1.82) is 0 Å². The van der Waals surface area contributed by atoms with E-state index in [4.69, 9.17) is 9.16 Å². The largest absolute Gasteiger partial charge is 0.543 e. The monoisotopic (exact) mass is 360 g/mol. The molecule has 25 heavy (non-hydrogen) atoms. The molecule has 0 aromatic heterocycles. The van der Waals surface area contributed by atoms with Gasteiger partial charge in [-0.25, -0.2) is 0 Å².